The van der Waals surface area contributed by atoms with E-state index in [0.29, 0.717) is 0 Å². The standard InChI is InChI=1S/C16H22N2/c1-13-9-11-16(18,15(17)12-13)10-5-8-14-6-3-2-4-7-14/h2-4,6-7,9,11-12,15H,5,8,10,17-18H2,1H3. The van der Waals surface area contributed by atoms with Crippen molar-refractivity contribution in [3.8, 4) is 0 Å². The molecule has 0 aliphatic heterocycles. The lowest BCUT2D eigenvalue weighted by atomic mass is 9.81. The first kappa shape index (κ1) is 13.1. The molecule has 96 valence electrons. The van der Waals surface area contributed by atoms with E-state index in [-0.39, 0.29) is 11.6 Å². The highest BCUT2D eigenvalue weighted by Gasteiger charge is 2.29. The molecule has 0 saturated carbocycles. The maximum Gasteiger partial charge on any atom is 0.0532 e. The van der Waals surface area contributed by atoms with Crippen LogP contribution in [0.4, 0.5) is 0 Å². The third-order valence-corrected chi connectivity index (χ3v) is 3.64. The smallest absolute Gasteiger partial charge is 0.0532 e. The van der Waals surface area contributed by atoms with E-state index in [1.165, 1.54) is 11.1 Å². The Morgan fingerprint density at radius 1 is 1.22 bits per heavy atom. The molecule has 1 aromatic carbocycles. The van der Waals surface area contributed by atoms with Crippen molar-refractivity contribution in [2.45, 2.75) is 37.8 Å². The van der Waals surface area contributed by atoms with Crippen LogP contribution in [0, 0.1) is 0 Å². The Morgan fingerprint density at radius 3 is 2.61 bits per heavy atom. The van der Waals surface area contributed by atoms with Crippen molar-refractivity contribution in [3.63, 3.8) is 0 Å². The van der Waals surface area contributed by atoms with Gasteiger partial charge < -0.3 is 11.5 Å². The summed E-state index contributed by atoms with van der Waals surface area (Å²) >= 11 is 0. The minimum atomic E-state index is -0.381. The third-order valence-electron chi connectivity index (χ3n) is 3.64. The minimum absolute atomic E-state index is 0.0710. The molecule has 1 aliphatic carbocycles. The first-order valence-corrected chi connectivity index (χ1v) is 6.56. The van der Waals surface area contributed by atoms with E-state index in [4.69, 9.17) is 11.5 Å². The Kier molecular flexibility index (Phi) is 4.00. The Hall–Kier alpha value is -1.38. The summed E-state index contributed by atoms with van der Waals surface area (Å²) < 4.78 is 0. The molecular formula is C16H22N2. The van der Waals surface area contributed by atoms with E-state index in [1.807, 2.05) is 6.07 Å². The van der Waals surface area contributed by atoms with Gasteiger partial charge in [-0.15, -0.1) is 0 Å². The molecule has 0 fully saturated rings. The highest BCUT2D eigenvalue weighted by atomic mass is 14.8. The summed E-state index contributed by atoms with van der Waals surface area (Å²) in [5.41, 5.74) is 14.7. The first-order valence-electron chi connectivity index (χ1n) is 6.56. The lowest BCUT2D eigenvalue weighted by Gasteiger charge is -2.33. The summed E-state index contributed by atoms with van der Waals surface area (Å²) in [4.78, 5) is 0. The topological polar surface area (TPSA) is 52.0 Å². The van der Waals surface area contributed by atoms with Gasteiger partial charge in [-0.25, -0.2) is 0 Å². The van der Waals surface area contributed by atoms with Gasteiger partial charge in [0.15, 0.2) is 0 Å². The zero-order chi connectivity index (χ0) is 13.0. The molecule has 0 aromatic heterocycles. The van der Waals surface area contributed by atoms with Crippen LogP contribution in [-0.2, 0) is 6.42 Å². The number of hydrogen-bond acceptors (Lipinski definition) is 2. The lowest BCUT2D eigenvalue weighted by Crippen LogP contribution is -2.54. The van der Waals surface area contributed by atoms with Gasteiger partial charge in [-0.2, -0.15) is 0 Å². The van der Waals surface area contributed by atoms with Crippen molar-refractivity contribution in [1.82, 2.24) is 0 Å². The van der Waals surface area contributed by atoms with Crippen LogP contribution in [0.25, 0.3) is 0 Å². The van der Waals surface area contributed by atoms with Crippen molar-refractivity contribution >= 4 is 0 Å². The van der Waals surface area contributed by atoms with Crippen molar-refractivity contribution < 1.29 is 0 Å². The molecule has 0 saturated heterocycles. The zero-order valence-electron chi connectivity index (χ0n) is 11.0. The van der Waals surface area contributed by atoms with Crippen molar-refractivity contribution in [2.75, 3.05) is 0 Å². The number of nitrogens with two attached hydrogens (primary N) is 2. The summed E-state index contributed by atoms with van der Waals surface area (Å²) in [6, 6.07) is 10.4. The van der Waals surface area contributed by atoms with Gasteiger partial charge in [0.1, 0.15) is 0 Å². The molecule has 18 heavy (non-hydrogen) atoms. The van der Waals surface area contributed by atoms with Crippen LogP contribution in [0.3, 0.4) is 0 Å². The quantitative estimate of drug-likeness (QED) is 0.852. The van der Waals surface area contributed by atoms with Crippen LogP contribution in [0.15, 0.2) is 54.1 Å². The maximum absolute atomic E-state index is 6.37. The molecule has 0 heterocycles. The molecule has 2 heteroatoms. The van der Waals surface area contributed by atoms with Gasteiger partial charge in [-0.1, -0.05) is 54.1 Å². The SMILES string of the molecule is CC1=CC(N)C(N)(CCCc2ccccc2)C=C1. The molecule has 2 atom stereocenters. The Bertz CT molecular complexity index is 447. The zero-order valence-corrected chi connectivity index (χ0v) is 11.0. The predicted octanol–water partition coefficient (Wildman–Crippen LogP) is 2.55. The van der Waals surface area contributed by atoms with Gasteiger partial charge >= 0.3 is 0 Å². The molecule has 0 bridgehead atoms. The van der Waals surface area contributed by atoms with Crippen LogP contribution >= 0.6 is 0 Å². The second kappa shape index (κ2) is 5.51. The number of rotatable bonds is 4. The van der Waals surface area contributed by atoms with Crippen molar-refractivity contribution in [1.29, 1.82) is 0 Å². The molecule has 0 amide bonds. The molecule has 1 aliphatic rings. The Morgan fingerprint density at radius 2 is 1.94 bits per heavy atom. The molecule has 0 spiro atoms. The second-order valence-electron chi connectivity index (χ2n) is 5.22. The molecule has 4 N–H and O–H groups in total. The van der Waals surface area contributed by atoms with Gasteiger partial charge in [-0.3, -0.25) is 0 Å². The second-order valence-corrected chi connectivity index (χ2v) is 5.22. The van der Waals surface area contributed by atoms with E-state index >= 15 is 0 Å². The van der Waals surface area contributed by atoms with Gasteiger partial charge in [0.2, 0.25) is 0 Å². The normalized spacial score (nSPS) is 27.1. The highest BCUT2D eigenvalue weighted by molar-refractivity contribution is 5.32. The molecule has 2 rings (SSSR count). The minimum Gasteiger partial charge on any atom is -0.323 e. The third kappa shape index (κ3) is 3.09. The fraction of sp³-hybridized carbons (Fsp3) is 0.375. The average Bonchev–Trinajstić information content (AvgIpc) is 2.36. The largest absolute Gasteiger partial charge is 0.323 e. The number of hydrogen-bond donors (Lipinski definition) is 2. The number of benzene rings is 1. The van der Waals surface area contributed by atoms with Gasteiger partial charge in [-0.05, 0) is 31.7 Å². The number of allylic oxidation sites excluding steroid dienone is 2. The molecule has 2 unspecified atom stereocenters. The van der Waals surface area contributed by atoms with E-state index in [1.54, 1.807) is 0 Å². The molecule has 2 nitrogen and oxygen atoms in total. The molecule has 0 radical (unpaired) electrons. The van der Waals surface area contributed by atoms with Crippen LogP contribution < -0.4 is 11.5 Å². The Labute approximate surface area is 109 Å². The Balaban J connectivity index is 1.89. The average molecular weight is 242 g/mol. The van der Waals surface area contributed by atoms with E-state index in [0.717, 1.165) is 19.3 Å². The van der Waals surface area contributed by atoms with Gasteiger partial charge in [0, 0.05) is 6.04 Å². The van der Waals surface area contributed by atoms with E-state index < -0.39 is 0 Å². The number of aryl methyl sites for hydroxylation is 1. The van der Waals surface area contributed by atoms with E-state index in [2.05, 4.69) is 49.4 Å². The van der Waals surface area contributed by atoms with Crippen molar-refractivity contribution in [3.05, 3.63) is 59.7 Å². The fourth-order valence-corrected chi connectivity index (χ4v) is 2.39. The maximum atomic E-state index is 6.37. The lowest BCUT2D eigenvalue weighted by molar-refractivity contribution is 0.421. The monoisotopic (exact) mass is 242 g/mol. The van der Waals surface area contributed by atoms with Crippen LogP contribution in [0.1, 0.15) is 25.3 Å². The van der Waals surface area contributed by atoms with Gasteiger partial charge in [0.05, 0.1) is 5.54 Å². The highest BCUT2D eigenvalue weighted by Crippen LogP contribution is 2.23. The summed E-state index contributed by atoms with van der Waals surface area (Å²) in [5.74, 6) is 0. The summed E-state index contributed by atoms with van der Waals surface area (Å²) in [5, 5.41) is 0. The fourth-order valence-electron chi connectivity index (χ4n) is 2.39. The first-order chi connectivity index (χ1) is 8.60. The summed E-state index contributed by atoms with van der Waals surface area (Å²) in [7, 11) is 0. The van der Waals surface area contributed by atoms with Crippen molar-refractivity contribution in [2.24, 2.45) is 11.5 Å². The van der Waals surface area contributed by atoms with E-state index in [9.17, 15) is 0 Å². The molecule has 1 aromatic rings. The van der Waals surface area contributed by atoms with Gasteiger partial charge in [0.25, 0.3) is 0 Å². The predicted molar refractivity (Wildman–Crippen MR) is 77.2 cm³/mol. The molecular weight excluding hydrogens is 220 g/mol. The van der Waals surface area contributed by atoms with Crippen LogP contribution in [0.5, 0.6) is 0 Å². The summed E-state index contributed by atoms with van der Waals surface area (Å²) in [6.07, 6.45) is 9.24. The van der Waals surface area contributed by atoms with Crippen LogP contribution in [-0.4, -0.2) is 11.6 Å². The van der Waals surface area contributed by atoms with Crippen LogP contribution in [0.2, 0.25) is 0 Å². The summed E-state index contributed by atoms with van der Waals surface area (Å²) in [6.45, 7) is 2.06.